The van der Waals surface area contributed by atoms with Gasteiger partial charge in [-0.25, -0.2) is 17.5 Å². The second-order valence-electron chi connectivity index (χ2n) is 10.3. The lowest BCUT2D eigenvalue weighted by Crippen LogP contribution is -2.59. The molecule has 2 aliphatic heterocycles. The first kappa shape index (κ1) is 32.2. The number of nitrogens with zero attached hydrogens (tertiary/aromatic N) is 5. The minimum absolute atomic E-state index is 0.0129. The highest BCUT2D eigenvalue weighted by Gasteiger charge is 2.61. The van der Waals surface area contributed by atoms with Gasteiger partial charge in [-0.1, -0.05) is 46.5 Å². The summed E-state index contributed by atoms with van der Waals surface area (Å²) < 4.78 is 45.6. The molecular formula is C29H27Cl2N5O8S. The highest BCUT2D eigenvalue weighted by atomic mass is 35.5. The van der Waals surface area contributed by atoms with E-state index in [4.69, 9.17) is 42.9 Å². The van der Waals surface area contributed by atoms with E-state index in [1.807, 2.05) is 0 Å². The molecule has 3 aromatic rings. The van der Waals surface area contributed by atoms with Crippen LogP contribution in [-0.2, 0) is 30.0 Å². The number of azide groups is 1. The molecule has 0 aromatic heterocycles. The molecule has 0 radical (unpaired) electrons. The summed E-state index contributed by atoms with van der Waals surface area (Å²) in [5.41, 5.74) is 6.58. The van der Waals surface area contributed by atoms with Crippen molar-refractivity contribution >= 4 is 50.8 Å². The zero-order chi connectivity index (χ0) is 32.7. The normalized spacial score (nSPS) is 22.4. The summed E-state index contributed by atoms with van der Waals surface area (Å²) in [6.07, 6.45) is -0.0824. The molecule has 236 valence electrons. The van der Waals surface area contributed by atoms with Crippen LogP contribution >= 0.6 is 23.2 Å². The van der Waals surface area contributed by atoms with E-state index in [9.17, 15) is 23.1 Å². The number of ether oxygens (including phenoxy) is 3. The maximum atomic E-state index is 14.8. The highest BCUT2D eigenvalue weighted by molar-refractivity contribution is 7.93. The minimum Gasteiger partial charge on any atom is -0.493 e. The van der Waals surface area contributed by atoms with Crippen LogP contribution in [0.25, 0.3) is 10.4 Å². The van der Waals surface area contributed by atoms with Crippen molar-refractivity contribution in [2.24, 2.45) is 5.11 Å². The number of carbonyl (C=O) groups is 2. The van der Waals surface area contributed by atoms with Gasteiger partial charge in [-0.3, -0.25) is 4.79 Å². The topological polar surface area (TPSA) is 171 Å². The van der Waals surface area contributed by atoms with E-state index >= 15 is 0 Å². The third-order valence-corrected chi connectivity index (χ3v) is 10.3. The molecule has 0 spiro atoms. The average Bonchev–Trinajstić information content (AvgIpc) is 3.57. The molecule has 1 saturated heterocycles. The molecule has 0 bridgehead atoms. The molecule has 1 fully saturated rings. The van der Waals surface area contributed by atoms with Crippen molar-refractivity contribution in [2.75, 3.05) is 32.2 Å². The summed E-state index contributed by atoms with van der Waals surface area (Å²) >= 11 is 13.0. The number of fused-ring (bicyclic) bond motifs is 1. The Hall–Kier alpha value is -4.20. The molecule has 2 heterocycles. The van der Waals surface area contributed by atoms with Crippen molar-refractivity contribution in [3.63, 3.8) is 0 Å². The number of halogens is 2. The zero-order valence-corrected chi connectivity index (χ0v) is 26.5. The molecule has 1 amide bonds. The van der Waals surface area contributed by atoms with Crippen LogP contribution in [0.15, 0.2) is 70.7 Å². The van der Waals surface area contributed by atoms with Gasteiger partial charge in [0.15, 0.2) is 17.5 Å². The molecule has 45 heavy (non-hydrogen) atoms. The van der Waals surface area contributed by atoms with Gasteiger partial charge in [-0.2, -0.15) is 0 Å². The number of aliphatic hydroxyl groups is 1. The predicted octanol–water partition coefficient (Wildman–Crippen LogP) is 4.28. The Kier molecular flexibility index (Phi) is 8.80. The number of sulfonamides is 1. The van der Waals surface area contributed by atoms with E-state index in [1.165, 1.54) is 62.8 Å². The SMILES string of the molecule is COC(=O)[C@@H]1C[C@H](N=[N+]=[N-])CN1C(=O)C1N(S(=O)(=O)c2ccc(OC)c(OC)c2)c2ccc(Cl)cc2C1(O)c1ccccc1Cl. The van der Waals surface area contributed by atoms with Crippen molar-refractivity contribution in [3.05, 3.63) is 92.3 Å². The number of amides is 1. The van der Waals surface area contributed by atoms with E-state index in [-0.39, 0.29) is 56.2 Å². The van der Waals surface area contributed by atoms with E-state index < -0.39 is 45.6 Å². The quantitative estimate of drug-likeness (QED) is 0.159. The molecule has 5 rings (SSSR count). The first-order chi connectivity index (χ1) is 21.4. The van der Waals surface area contributed by atoms with Crippen LogP contribution in [0.2, 0.25) is 10.0 Å². The first-order valence-corrected chi connectivity index (χ1v) is 15.6. The fraction of sp³-hybridized carbons (Fsp3) is 0.310. The molecule has 1 N–H and O–H groups in total. The number of esters is 1. The first-order valence-electron chi connectivity index (χ1n) is 13.4. The van der Waals surface area contributed by atoms with Gasteiger partial charge in [0.05, 0.1) is 38.0 Å². The van der Waals surface area contributed by atoms with Crippen molar-refractivity contribution in [3.8, 4) is 11.5 Å². The van der Waals surface area contributed by atoms with Gasteiger partial charge in [0.2, 0.25) is 0 Å². The third-order valence-electron chi connectivity index (χ3n) is 7.92. The Balaban J connectivity index is 1.80. The zero-order valence-electron chi connectivity index (χ0n) is 24.1. The number of rotatable bonds is 8. The summed E-state index contributed by atoms with van der Waals surface area (Å²) in [5, 5.41) is 16.6. The Morgan fingerprint density at radius 3 is 2.38 bits per heavy atom. The monoisotopic (exact) mass is 675 g/mol. The van der Waals surface area contributed by atoms with Crippen molar-refractivity contribution in [1.82, 2.24) is 4.90 Å². The molecule has 2 unspecified atom stereocenters. The summed E-state index contributed by atoms with van der Waals surface area (Å²) in [4.78, 5) is 31.2. The van der Waals surface area contributed by atoms with Gasteiger partial charge in [-0.15, -0.1) is 0 Å². The van der Waals surface area contributed by atoms with E-state index in [2.05, 4.69) is 10.0 Å². The Labute approximate surface area is 268 Å². The lowest BCUT2D eigenvalue weighted by atomic mass is 9.82. The summed E-state index contributed by atoms with van der Waals surface area (Å²) in [6.45, 7) is -0.251. The fourth-order valence-corrected chi connectivity index (χ4v) is 8.01. The molecule has 0 aliphatic carbocycles. The largest absolute Gasteiger partial charge is 0.493 e. The van der Waals surface area contributed by atoms with Crippen LogP contribution < -0.4 is 13.8 Å². The second-order valence-corrected chi connectivity index (χ2v) is 12.9. The van der Waals surface area contributed by atoms with Gasteiger partial charge < -0.3 is 24.2 Å². The van der Waals surface area contributed by atoms with Crippen LogP contribution in [0.3, 0.4) is 0 Å². The minimum atomic E-state index is -4.70. The number of benzene rings is 3. The standard InChI is InChI=1S/C29H27Cl2N5O8S/c1-42-24-11-9-18(14-25(24)43-2)45(40,41)36-22-10-8-16(30)12-20(22)29(39,19-6-4-5-7-21(19)31)26(36)27(37)35-15-17(33-34-32)13-23(35)28(38)44-3/h4-12,14,17,23,26,39H,13,15H2,1-3H3/t17-,23-,26?,29?/m0/s1. The van der Waals surface area contributed by atoms with Crippen LogP contribution in [0, 0.1) is 0 Å². The van der Waals surface area contributed by atoms with Crippen LogP contribution in [0.1, 0.15) is 17.5 Å². The van der Waals surface area contributed by atoms with Gasteiger partial charge in [0, 0.05) is 38.7 Å². The Morgan fingerprint density at radius 2 is 1.73 bits per heavy atom. The number of hydrogen-bond acceptors (Lipinski definition) is 9. The van der Waals surface area contributed by atoms with Crippen LogP contribution in [0.4, 0.5) is 5.69 Å². The summed E-state index contributed by atoms with van der Waals surface area (Å²) in [5.74, 6) is -1.43. The van der Waals surface area contributed by atoms with Crippen molar-refractivity contribution in [1.29, 1.82) is 0 Å². The highest BCUT2D eigenvalue weighted by Crippen LogP contribution is 2.53. The predicted molar refractivity (Wildman–Crippen MR) is 164 cm³/mol. The number of carbonyl (C=O) groups excluding carboxylic acids is 2. The molecule has 16 heteroatoms. The Bertz CT molecular complexity index is 1840. The molecule has 2 aliphatic rings. The van der Waals surface area contributed by atoms with E-state index in [0.29, 0.717) is 0 Å². The number of methoxy groups -OCH3 is 3. The molecule has 0 saturated carbocycles. The lowest BCUT2D eigenvalue weighted by molar-refractivity contribution is -0.152. The molecule has 4 atom stereocenters. The fourth-order valence-electron chi connectivity index (χ4n) is 5.89. The summed E-state index contributed by atoms with van der Waals surface area (Å²) in [6, 6.07) is 10.1. The summed E-state index contributed by atoms with van der Waals surface area (Å²) in [7, 11) is -0.838. The van der Waals surface area contributed by atoms with E-state index in [1.54, 1.807) is 12.1 Å². The van der Waals surface area contributed by atoms with Crippen molar-refractivity contribution < 1.29 is 37.3 Å². The van der Waals surface area contributed by atoms with Gasteiger partial charge in [-0.05, 0) is 48.4 Å². The van der Waals surface area contributed by atoms with E-state index in [0.717, 1.165) is 16.3 Å². The number of anilines is 1. The lowest BCUT2D eigenvalue weighted by Gasteiger charge is -2.38. The Morgan fingerprint density at radius 1 is 1.02 bits per heavy atom. The van der Waals surface area contributed by atoms with Gasteiger partial charge >= 0.3 is 5.97 Å². The van der Waals surface area contributed by atoms with Crippen LogP contribution in [-0.4, -0.2) is 76.3 Å². The molecular weight excluding hydrogens is 649 g/mol. The molecule has 3 aromatic carbocycles. The smallest absolute Gasteiger partial charge is 0.328 e. The number of hydrogen-bond donors (Lipinski definition) is 1. The number of likely N-dealkylation sites (tertiary alicyclic amines) is 1. The van der Waals surface area contributed by atoms with Gasteiger partial charge in [0.25, 0.3) is 15.9 Å². The molecule has 13 nitrogen and oxygen atoms in total. The second kappa shape index (κ2) is 12.3. The maximum absolute atomic E-state index is 14.8. The maximum Gasteiger partial charge on any atom is 0.328 e. The van der Waals surface area contributed by atoms with Gasteiger partial charge in [0.1, 0.15) is 11.6 Å². The van der Waals surface area contributed by atoms with Crippen molar-refractivity contribution in [2.45, 2.75) is 35.0 Å². The van der Waals surface area contributed by atoms with Crippen LogP contribution in [0.5, 0.6) is 11.5 Å². The third kappa shape index (κ3) is 5.28. The average molecular weight is 677 g/mol.